The third kappa shape index (κ3) is 6.08. The maximum absolute atomic E-state index is 10.4. The molecule has 0 fully saturated rings. The van der Waals surface area contributed by atoms with Gasteiger partial charge < -0.3 is 14.6 Å². The van der Waals surface area contributed by atoms with Gasteiger partial charge >= 0.3 is 11.4 Å². The molecule has 186 valence electrons. The van der Waals surface area contributed by atoms with Crippen LogP contribution in [0.5, 0.6) is 17.2 Å². The fraction of sp³-hybridized carbons (Fsp3) is 0.174. The van der Waals surface area contributed by atoms with Crippen LogP contribution < -0.4 is 9.47 Å². The third-order valence-corrected chi connectivity index (χ3v) is 5.06. The van der Waals surface area contributed by atoms with Crippen LogP contribution in [0.1, 0.15) is 16.7 Å². The lowest BCUT2D eigenvalue weighted by molar-refractivity contribution is -0.404. The zero-order chi connectivity index (χ0) is 26.2. The van der Waals surface area contributed by atoms with Crippen molar-refractivity contribution in [2.24, 2.45) is 4.99 Å². The Morgan fingerprint density at radius 2 is 1.56 bits per heavy atom. The third-order valence-electron chi connectivity index (χ3n) is 5.06. The second-order valence-electron chi connectivity index (χ2n) is 7.37. The molecule has 0 unspecified atom stereocenters. The number of aliphatic imine (C=N–C) groups is 1. The second kappa shape index (κ2) is 11.4. The Morgan fingerprint density at radius 3 is 2.11 bits per heavy atom. The molecule has 0 bridgehead atoms. The number of ether oxygens (including phenoxy) is 2. The van der Waals surface area contributed by atoms with E-state index in [-0.39, 0.29) is 0 Å². The molecule has 13 heteroatoms. The Bertz CT molecular complexity index is 1290. The highest BCUT2D eigenvalue weighted by Crippen LogP contribution is 2.39. The Kier molecular flexibility index (Phi) is 8.07. The van der Waals surface area contributed by atoms with Gasteiger partial charge in [-0.05, 0) is 35.2 Å². The average Bonchev–Trinajstić information content (AvgIpc) is 2.87. The summed E-state index contributed by atoms with van der Waals surface area (Å²) >= 11 is 0. The van der Waals surface area contributed by atoms with Crippen molar-refractivity contribution in [1.29, 1.82) is 0 Å². The van der Waals surface area contributed by atoms with Crippen molar-refractivity contribution < 1.29 is 29.4 Å². The van der Waals surface area contributed by atoms with Crippen LogP contribution in [-0.4, -0.2) is 39.7 Å². The topological polar surface area (TPSA) is 180 Å². The number of non-ortho nitro benzene ring substituents is 1. The largest absolute Gasteiger partial charge is 0.497 e. The first-order valence-corrected chi connectivity index (χ1v) is 10.4. The van der Waals surface area contributed by atoms with E-state index in [1.807, 2.05) is 30.5 Å². The maximum atomic E-state index is 10.4. The number of phenols is 1. The van der Waals surface area contributed by atoms with Gasteiger partial charge in [0.2, 0.25) is 0 Å². The molecule has 0 saturated carbocycles. The zero-order valence-corrected chi connectivity index (χ0v) is 18.9. The van der Waals surface area contributed by atoms with Gasteiger partial charge in [0.1, 0.15) is 6.61 Å². The molecule has 1 N–H and O–H groups in total. The molecular weight excluding hydrogens is 476 g/mol. The molecular formula is C23H20N4O9. The first-order chi connectivity index (χ1) is 17.2. The number of aromatic hydroxyl groups is 1. The normalized spacial score (nSPS) is 11.5. The molecule has 4 rings (SSSR count). The van der Waals surface area contributed by atoms with Crippen molar-refractivity contribution in [2.45, 2.75) is 13.0 Å². The molecule has 0 atom stereocenters. The molecule has 0 amide bonds. The van der Waals surface area contributed by atoms with Gasteiger partial charge in [-0.15, -0.1) is 0 Å². The van der Waals surface area contributed by atoms with Crippen molar-refractivity contribution in [1.82, 2.24) is 0 Å². The van der Waals surface area contributed by atoms with E-state index in [1.165, 1.54) is 5.56 Å². The summed E-state index contributed by atoms with van der Waals surface area (Å²) in [7, 11) is 1.66. The summed E-state index contributed by atoms with van der Waals surface area (Å²) in [6.45, 7) is 1.39. The summed E-state index contributed by atoms with van der Waals surface area (Å²) in [6, 6.07) is 15.1. The van der Waals surface area contributed by atoms with Crippen molar-refractivity contribution in [3.63, 3.8) is 0 Å². The van der Waals surface area contributed by atoms with Gasteiger partial charge in [0.05, 0.1) is 34.0 Å². The van der Waals surface area contributed by atoms with Crippen molar-refractivity contribution in [3.05, 3.63) is 102 Å². The van der Waals surface area contributed by atoms with Gasteiger partial charge in [-0.1, -0.05) is 30.3 Å². The zero-order valence-electron chi connectivity index (χ0n) is 18.9. The minimum atomic E-state index is -1.21. The van der Waals surface area contributed by atoms with Crippen LogP contribution in [0, 0.1) is 30.3 Å². The van der Waals surface area contributed by atoms with Gasteiger partial charge in [-0.2, -0.15) is 0 Å². The quantitative estimate of drug-likeness (QED) is 0.367. The van der Waals surface area contributed by atoms with Crippen LogP contribution in [-0.2, 0) is 13.0 Å². The van der Waals surface area contributed by atoms with Crippen LogP contribution in [0.3, 0.4) is 0 Å². The molecule has 0 radical (unpaired) electrons. The Balaban J connectivity index is 0.000000207. The van der Waals surface area contributed by atoms with E-state index >= 15 is 0 Å². The molecule has 0 saturated heterocycles. The van der Waals surface area contributed by atoms with E-state index in [4.69, 9.17) is 14.6 Å². The number of nitrogens with zero attached hydrogens (tertiary/aromatic N) is 4. The number of hydrogen-bond acceptors (Lipinski definition) is 10. The second-order valence-corrected chi connectivity index (χ2v) is 7.37. The van der Waals surface area contributed by atoms with E-state index in [0.717, 1.165) is 35.6 Å². The molecule has 3 aromatic carbocycles. The predicted molar refractivity (Wildman–Crippen MR) is 128 cm³/mol. The molecule has 1 aliphatic rings. The highest BCUT2D eigenvalue weighted by Gasteiger charge is 2.30. The van der Waals surface area contributed by atoms with Crippen LogP contribution in [0.2, 0.25) is 0 Å². The Hall–Kier alpha value is -5.07. The summed E-state index contributed by atoms with van der Waals surface area (Å²) in [5, 5.41) is 40.2. The number of hydrogen-bond donors (Lipinski definition) is 1. The highest BCUT2D eigenvalue weighted by atomic mass is 16.6. The molecule has 13 nitrogen and oxygen atoms in total. The van der Waals surface area contributed by atoms with Crippen LogP contribution >= 0.6 is 0 Å². The van der Waals surface area contributed by atoms with E-state index in [2.05, 4.69) is 23.2 Å². The van der Waals surface area contributed by atoms with Gasteiger partial charge in [0.15, 0.2) is 11.5 Å². The molecule has 0 spiro atoms. The summed E-state index contributed by atoms with van der Waals surface area (Å²) in [6.07, 6.45) is 2.86. The average molecular weight is 496 g/mol. The first kappa shape index (κ1) is 25.6. The lowest BCUT2D eigenvalue weighted by Crippen LogP contribution is -2.05. The Morgan fingerprint density at radius 1 is 0.917 bits per heavy atom. The van der Waals surface area contributed by atoms with Crippen molar-refractivity contribution in [3.8, 4) is 17.2 Å². The lowest BCUT2D eigenvalue weighted by atomic mass is 10.0. The van der Waals surface area contributed by atoms with Crippen molar-refractivity contribution >= 4 is 23.3 Å². The molecule has 0 aliphatic carbocycles. The molecule has 0 aromatic heterocycles. The number of benzene rings is 3. The van der Waals surface area contributed by atoms with E-state index in [1.54, 1.807) is 7.11 Å². The molecule has 1 aliphatic heterocycles. The van der Waals surface area contributed by atoms with Gasteiger partial charge in [-0.25, -0.2) is 0 Å². The van der Waals surface area contributed by atoms with Gasteiger partial charge in [-0.3, -0.25) is 35.3 Å². The molecule has 36 heavy (non-hydrogen) atoms. The van der Waals surface area contributed by atoms with E-state index in [9.17, 15) is 30.3 Å². The Labute approximate surface area is 203 Å². The van der Waals surface area contributed by atoms with Crippen LogP contribution in [0.15, 0.2) is 59.6 Å². The minimum Gasteiger partial charge on any atom is -0.497 e. The van der Waals surface area contributed by atoms with Gasteiger partial charge in [0, 0.05) is 12.8 Å². The summed E-state index contributed by atoms with van der Waals surface area (Å²) in [5.41, 5.74) is 0.538. The number of fused-ring (bicyclic) bond motifs is 1. The highest BCUT2D eigenvalue weighted by molar-refractivity contribution is 5.84. The van der Waals surface area contributed by atoms with E-state index in [0.29, 0.717) is 18.7 Å². The number of phenolic OH excluding ortho intramolecular Hbond substituents is 1. The number of nitro benzene ring substituents is 3. The summed E-state index contributed by atoms with van der Waals surface area (Å²) in [5.74, 6) is 0.346. The monoisotopic (exact) mass is 496 g/mol. The first-order valence-electron chi connectivity index (χ1n) is 10.4. The number of nitro groups is 3. The lowest BCUT2D eigenvalue weighted by Gasteiger charge is -2.16. The van der Waals surface area contributed by atoms with E-state index < -0.39 is 37.6 Å². The molecule has 1 heterocycles. The number of rotatable bonds is 7. The van der Waals surface area contributed by atoms with Crippen LogP contribution in [0.25, 0.3) is 0 Å². The van der Waals surface area contributed by atoms with Gasteiger partial charge in [0.25, 0.3) is 11.4 Å². The van der Waals surface area contributed by atoms with Crippen LogP contribution in [0.4, 0.5) is 17.1 Å². The maximum Gasteiger partial charge on any atom is 0.324 e. The fourth-order valence-electron chi connectivity index (χ4n) is 3.28. The standard InChI is InChI=1S/C17H17NO2.C6H3N3O7/c1-19-16-10-15-11-18-8-7-14(15)9-17(16)20-12-13-5-3-2-4-6-13;10-6-4(8(13)14)1-3(7(11)12)2-5(6)9(15)16/h2-6,9-11H,7-8,12H2,1H3;1-2,10H. The predicted octanol–water partition coefficient (Wildman–Crippen LogP) is 4.37. The minimum absolute atomic E-state index is 0.447. The molecule has 3 aromatic rings. The SMILES string of the molecule is COc1cc2c(cc1OCc1ccccc1)CCN=C2.O=[N+]([O-])c1cc([N+](=O)[O-])c(O)c([N+](=O)[O-])c1. The smallest absolute Gasteiger partial charge is 0.324 e. The van der Waals surface area contributed by atoms with Crippen molar-refractivity contribution in [2.75, 3.05) is 13.7 Å². The summed E-state index contributed by atoms with van der Waals surface area (Å²) in [4.78, 5) is 32.1. The number of methoxy groups -OCH3 is 1. The summed E-state index contributed by atoms with van der Waals surface area (Å²) < 4.78 is 11.3. The fourth-order valence-corrected chi connectivity index (χ4v) is 3.28.